The van der Waals surface area contributed by atoms with Gasteiger partial charge in [-0.1, -0.05) is 52.9 Å². The highest BCUT2D eigenvalue weighted by Crippen LogP contribution is 2.13. The van der Waals surface area contributed by atoms with Crippen molar-refractivity contribution in [2.45, 2.75) is 83.8 Å². The average Bonchev–Trinajstić information content (AvgIpc) is 2.52. The van der Waals surface area contributed by atoms with Crippen LogP contribution in [0.3, 0.4) is 0 Å². The summed E-state index contributed by atoms with van der Waals surface area (Å²) in [6.45, 7) is 8.00. The van der Waals surface area contributed by atoms with E-state index in [1.165, 1.54) is 32.1 Å². The highest BCUT2D eigenvalue weighted by Gasteiger charge is 2.25. The van der Waals surface area contributed by atoms with Crippen molar-refractivity contribution in [3.8, 4) is 0 Å². The van der Waals surface area contributed by atoms with Crippen LogP contribution in [-0.4, -0.2) is 48.2 Å². The molecule has 1 unspecified atom stereocenters. The van der Waals surface area contributed by atoms with Crippen molar-refractivity contribution in [2.24, 2.45) is 0 Å². The normalized spacial score (nSPS) is 13.6. The van der Waals surface area contributed by atoms with Gasteiger partial charge in [-0.15, -0.1) is 0 Å². The zero-order valence-electron chi connectivity index (χ0n) is 14.4. The lowest BCUT2D eigenvalue weighted by Gasteiger charge is -2.32. The smallest absolute Gasteiger partial charge is 0.0897 e. The number of rotatable bonds is 15. The van der Waals surface area contributed by atoms with Crippen molar-refractivity contribution in [3.63, 3.8) is 0 Å². The number of hydrogen-bond acceptors (Lipinski definition) is 4. The lowest BCUT2D eigenvalue weighted by atomic mass is 9.94. The summed E-state index contributed by atoms with van der Waals surface area (Å²) in [6.07, 6.45) is 8.70. The van der Waals surface area contributed by atoms with Crippen LogP contribution in [0.15, 0.2) is 0 Å². The van der Waals surface area contributed by atoms with Crippen LogP contribution in [0.2, 0.25) is 0 Å². The zero-order valence-corrected chi connectivity index (χ0v) is 14.4. The first kappa shape index (κ1) is 20.8. The Morgan fingerprint density at radius 2 is 1.62 bits per heavy atom. The van der Waals surface area contributed by atoms with Gasteiger partial charge in [-0.3, -0.25) is 0 Å². The topological polar surface area (TPSA) is 61.7 Å². The molecule has 0 radical (unpaired) electrons. The van der Waals surface area contributed by atoms with Crippen LogP contribution < -0.4 is 5.32 Å². The van der Waals surface area contributed by atoms with Gasteiger partial charge in [0.05, 0.1) is 19.3 Å². The SMILES string of the molecule is CCCCCCCCOCC(O)CNC(CC)(CC)CO. The average molecular weight is 303 g/mol. The third kappa shape index (κ3) is 10.2. The van der Waals surface area contributed by atoms with Crippen molar-refractivity contribution in [2.75, 3.05) is 26.4 Å². The fourth-order valence-corrected chi connectivity index (χ4v) is 2.38. The molecule has 1 atom stereocenters. The Morgan fingerprint density at radius 3 is 2.19 bits per heavy atom. The molecule has 4 heteroatoms. The van der Waals surface area contributed by atoms with Gasteiger partial charge in [-0.2, -0.15) is 0 Å². The van der Waals surface area contributed by atoms with Crippen molar-refractivity contribution in [1.29, 1.82) is 0 Å². The molecule has 0 fully saturated rings. The van der Waals surface area contributed by atoms with E-state index in [1.807, 2.05) is 13.8 Å². The summed E-state index contributed by atoms with van der Waals surface area (Å²) in [6, 6.07) is 0. The molecule has 0 aliphatic heterocycles. The Bertz CT molecular complexity index is 212. The van der Waals surface area contributed by atoms with Crippen molar-refractivity contribution < 1.29 is 14.9 Å². The number of nitrogens with one attached hydrogen (secondary N) is 1. The lowest BCUT2D eigenvalue weighted by Crippen LogP contribution is -2.50. The fourth-order valence-electron chi connectivity index (χ4n) is 2.38. The third-order valence-corrected chi connectivity index (χ3v) is 4.32. The van der Waals surface area contributed by atoms with Crippen LogP contribution in [-0.2, 0) is 4.74 Å². The quantitative estimate of drug-likeness (QED) is 0.407. The maximum atomic E-state index is 9.90. The molecule has 3 N–H and O–H groups in total. The van der Waals surface area contributed by atoms with Gasteiger partial charge in [0.1, 0.15) is 0 Å². The molecule has 4 nitrogen and oxygen atoms in total. The van der Waals surface area contributed by atoms with Crippen molar-refractivity contribution in [3.05, 3.63) is 0 Å². The van der Waals surface area contributed by atoms with Gasteiger partial charge in [0.15, 0.2) is 0 Å². The second kappa shape index (κ2) is 13.5. The van der Waals surface area contributed by atoms with E-state index >= 15 is 0 Å². The molecule has 0 saturated carbocycles. The number of hydrogen-bond donors (Lipinski definition) is 3. The van der Waals surface area contributed by atoms with Gasteiger partial charge >= 0.3 is 0 Å². The zero-order chi connectivity index (χ0) is 16.0. The third-order valence-electron chi connectivity index (χ3n) is 4.32. The van der Waals surface area contributed by atoms with Gasteiger partial charge in [0.2, 0.25) is 0 Å². The Balaban J connectivity index is 3.56. The molecule has 0 aromatic rings. The molecular weight excluding hydrogens is 266 g/mol. The highest BCUT2D eigenvalue weighted by atomic mass is 16.5. The van der Waals surface area contributed by atoms with Crippen LogP contribution in [0.4, 0.5) is 0 Å². The van der Waals surface area contributed by atoms with Crippen LogP contribution in [0.25, 0.3) is 0 Å². The Kier molecular flexibility index (Phi) is 13.4. The minimum Gasteiger partial charge on any atom is -0.394 e. The molecular formula is C17H37NO3. The number of β-amino-alcohol motifs (C(OH)–C–C–N with tert-alkyl or cyclic N) is 1. The van der Waals surface area contributed by atoms with Crippen LogP contribution in [0, 0.1) is 0 Å². The standard InChI is InChI=1S/C17H37NO3/c1-4-7-8-9-10-11-12-21-14-16(20)13-18-17(5-2,6-3)15-19/h16,18-20H,4-15H2,1-3H3. The van der Waals surface area contributed by atoms with Crippen molar-refractivity contribution >= 4 is 0 Å². The molecule has 0 aromatic heterocycles. The first-order chi connectivity index (χ1) is 10.1. The molecule has 0 aliphatic rings. The summed E-state index contributed by atoms with van der Waals surface area (Å²) in [4.78, 5) is 0. The Labute approximate surface area is 131 Å². The summed E-state index contributed by atoms with van der Waals surface area (Å²) in [5, 5.41) is 22.6. The fraction of sp³-hybridized carbons (Fsp3) is 1.00. The molecule has 0 saturated heterocycles. The van der Waals surface area contributed by atoms with Gasteiger partial charge in [0, 0.05) is 18.7 Å². The second-order valence-electron chi connectivity index (χ2n) is 6.02. The van der Waals surface area contributed by atoms with Gasteiger partial charge in [-0.05, 0) is 19.3 Å². The van der Waals surface area contributed by atoms with Gasteiger partial charge in [-0.25, -0.2) is 0 Å². The largest absolute Gasteiger partial charge is 0.394 e. The number of ether oxygens (including phenoxy) is 1. The predicted molar refractivity (Wildman–Crippen MR) is 88.6 cm³/mol. The van der Waals surface area contributed by atoms with E-state index in [0.717, 1.165) is 25.9 Å². The van der Waals surface area contributed by atoms with E-state index in [2.05, 4.69) is 12.2 Å². The maximum absolute atomic E-state index is 9.90. The molecule has 21 heavy (non-hydrogen) atoms. The molecule has 128 valence electrons. The highest BCUT2D eigenvalue weighted by molar-refractivity contribution is 4.85. The minimum absolute atomic E-state index is 0.103. The van der Waals surface area contributed by atoms with Crippen LogP contribution in [0.1, 0.15) is 72.1 Å². The number of aliphatic hydroxyl groups excluding tert-OH is 2. The predicted octanol–water partition coefficient (Wildman–Crippen LogP) is 2.87. The first-order valence-corrected chi connectivity index (χ1v) is 8.75. The van der Waals surface area contributed by atoms with E-state index in [4.69, 9.17) is 4.74 Å². The first-order valence-electron chi connectivity index (χ1n) is 8.75. The molecule has 0 heterocycles. The Hall–Kier alpha value is -0.160. The number of unbranched alkanes of at least 4 members (excludes halogenated alkanes) is 5. The van der Waals surface area contributed by atoms with Gasteiger partial charge < -0.3 is 20.3 Å². The summed E-state index contributed by atoms with van der Waals surface area (Å²) < 4.78 is 5.52. The van der Waals surface area contributed by atoms with Crippen LogP contribution >= 0.6 is 0 Å². The molecule has 0 aliphatic carbocycles. The summed E-state index contributed by atoms with van der Waals surface area (Å²) in [5.74, 6) is 0. The molecule has 0 bridgehead atoms. The maximum Gasteiger partial charge on any atom is 0.0897 e. The summed E-state index contributed by atoms with van der Waals surface area (Å²) in [5.41, 5.74) is -0.264. The molecule has 0 aromatic carbocycles. The summed E-state index contributed by atoms with van der Waals surface area (Å²) in [7, 11) is 0. The lowest BCUT2D eigenvalue weighted by molar-refractivity contribution is 0.0269. The monoisotopic (exact) mass is 303 g/mol. The van der Waals surface area contributed by atoms with E-state index in [9.17, 15) is 10.2 Å². The van der Waals surface area contributed by atoms with E-state index in [-0.39, 0.29) is 12.1 Å². The molecule has 0 spiro atoms. The number of aliphatic hydroxyl groups is 2. The second-order valence-corrected chi connectivity index (χ2v) is 6.02. The van der Waals surface area contributed by atoms with Crippen LogP contribution in [0.5, 0.6) is 0 Å². The van der Waals surface area contributed by atoms with Gasteiger partial charge in [0.25, 0.3) is 0 Å². The Morgan fingerprint density at radius 1 is 1.00 bits per heavy atom. The van der Waals surface area contributed by atoms with E-state index < -0.39 is 6.10 Å². The van der Waals surface area contributed by atoms with Crippen molar-refractivity contribution in [1.82, 2.24) is 5.32 Å². The molecule has 0 amide bonds. The minimum atomic E-state index is -0.505. The molecule has 0 rings (SSSR count). The van der Waals surface area contributed by atoms with E-state index in [1.54, 1.807) is 0 Å². The summed E-state index contributed by atoms with van der Waals surface area (Å²) >= 11 is 0. The van der Waals surface area contributed by atoms with E-state index in [0.29, 0.717) is 13.2 Å².